The molecule has 5 N–H and O–H groups in total. The van der Waals surface area contributed by atoms with Crippen molar-refractivity contribution in [2.45, 2.75) is 43.0 Å². The van der Waals surface area contributed by atoms with E-state index in [9.17, 15) is 25.2 Å². The number of methoxy groups -OCH3 is 2. The summed E-state index contributed by atoms with van der Waals surface area (Å²) in [6, 6.07) is 8.30. The average Bonchev–Trinajstić information content (AvgIpc) is 2.86. The van der Waals surface area contributed by atoms with Gasteiger partial charge >= 0.3 is 5.97 Å². The molecule has 0 aromatic heterocycles. The van der Waals surface area contributed by atoms with Crippen LogP contribution >= 0.6 is 0 Å². The minimum atomic E-state index is -1.84. The quantitative estimate of drug-likeness (QED) is 0.264. The van der Waals surface area contributed by atoms with Gasteiger partial charge in [0.25, 0.3) is 0 Å². The number of ether oxygens (including phenoxy) is 4. The third kappa shape index (κ3) is 4.79. The van der Waals surface area contributed by atoms with Crippen LogP contribution in [0.1, 0.15) is 17.0 Å². The van der Waals surface area contributed by atoms with Crippen LogP contribution in [-0.2, 0) is 20.8 Å². The highest BCUT2D eigenvalue weighted by atomic mass is 17.2. The molecule has 35 heavy (non-hydrogen) atoms. The van der Waals surface area contributed by atoms with Gasteiger partial charge in [-0.15, -0.1) is 0 Å². The first kappa shape index (κ1) is 24.8. The molecule has 0 radical (unpaired) electrons. The minimum absolute atomic E-state index is 0.0183. The highest BCUT2D eigenvalue weighted by Crippen LogP contribution is 2.44. The molecule has 4 rings (SSSR count). The molecule has 2 unspecified atom stereocenters. The Morgan fingerprint density at radius 1 is 1.03 bits per heavy atom. The van der Waals surface area contributed by atoms with Gasteiger partial charge in [0.05, 0.1) is 20.8 Å². The minimum Gasteiger partial charge on any atom is -0.504 e. The van der Waals surface area contributed by atoms with Gasteiger partial charge in [-0.3, -0.25) is 0 Å². The number of phenolic OH excluding ortho intramolecular Hbond substituents is 1. The highest BCUT2D eigenvalue weighted by Gasteiger charge is 2.48. The molecule has 2 aromatic carbocycles. The molecular formula is C23H26O12. The average molecular weight is 494 g/mol. The van der Waals surface area contributed by atoms with E-state index in [1.807, 2.05) is 0 Å². The molecule has 2 heterocycles. The lowest BCUT2D eigenvalue weighted by molar-refractivity contribution is -0.381. The van der Waals surface area contributed by atoms with Crippen molar-refractivity contribution in [1.82, 2.24) is 0 Å². The van der Waals surface area contributed by atoms with E-state index in [1.54, 1.807) is 24.3 Å². The second kappa shape index (κ2) is 10.1. The van der Waals surface area contributed by atoms with Crippen molar-refractivity contribution >= 4 is 5.97 Å². The second-order valence-electron chi connectivity index (χ2n) is 8.14. The number of rotatable bonds is 7. The van der Waals surface area contributed by atoms with Gasteiger partial charge in [-0.25, -0.2) is 4.79 Å². The van der Waals surface area contributed by atoms with Gasteiger partial charge in [0.2, 0.25) is 12.0 Å². The summed E-state index contributed by atoms with van der Waals surface area (Å²) >= 11 is 0. The molecular weight excluding hydrogens is 468 g/mol. The molecule has 1 saturated heterocycles. The topological polar surface area (TPSA) is 174 Å². The summed E-state index contributed by atoms with van der Waals surface area (Å²) < 4.78 is 21.3. The predicted octanol–water partition coefficient (Wildman–Crippen LogP) is 0.331. The molecule has 1 fully saturated rings. The first-order valence-corrected chi connectivity index (χ1v) is 10.7. The summed E-state index contributed by atoms with van der Waals surface area (Å²) in [6.07, 6.45) is -8.31. The van der Waals surface area contributed by atoms with E-state index >= 15 is 0 Å². The lowest BCUT2D eigenvalue weighted by Crippen LogP contribution is -2.60. The maximum Gasteiger partial charge on any atom is 0.335 e. The zero-order valence-corrected chi connectivity index (χ0v) is 18.9. The SMILES string of the molecule is COc1ccc(C2COc3cc(OOC4O[C@H](C(=O)O)[C@@H](O)[C@H](O)[C@H]4O)ccc3C2)c(O)c1OC. The molecule has 2 aromatic rings. The second-order valence-corrected chi connectivity index (χ2v) is 8.14. The largest absolute Gasteiger partial charge is 0.504 e. The molecule has 0 amide bonds. The maximum atomic E-state index is 11.2. The molecule has 12 nitrogen and oxygen atoms in total. The number of hydrogen-bond donors (Lipinski definition) is 5. The zero-order valence-electron chi connectivity index (χ0n) is 18.9. The van der Waals surface area contributed by atoms with Gasteiger partial charge in [-0.05, 0) is 24.1 Å². The molecule has 6 atom stereocenters. The number of carbonyl (C=O) groups is 1. The van der Waals surface area contributed by atoms with Crippen molar-refractivity contribution in [3.63, 3.8) is 0 Å². The van der Waals surface area contributed by atoms with E-state index in [0.29, 0.717) is 23.5 Å². The number of benzene rings is 2. The number of aromatic hydroxyl groups is 1. The fourth-order valence-electron chi connectivity index (χ4n) is 4.09. The van der Waals surface area contributed by atoms with Crippen LogP contribution in [-0.4, -0.2) is 83.0 Å². The van der Waals surface area contributed by atoms with Gasteiger partial charge in [0, 0.05) is 17.5 Å². The lowest BCUT2D eigenvalue weighted by atomic mass is 9.89. The number of carboxylic acid groups (broad SMARTS) is 1. The fourth-order valence-corrected chi connectivity index (χ4v) is 4.09. The zero-order chi connectivity index (χ0) is 25.3. The predicted molar refractivity (Wildman–Crippen MR) is 116 cm³/mol. The Bertz CT molecular complexity index is 1070. The number of fused-ring (bicyclic) bond motifs is 1. The first-order chi connectivity index (χ1) is 16.7. The highest BCUT2D eigenvalue weighted by molar-refractivity contribution is 5.73. The summed E-state index contributed by atoms with van der Waals surface area (Å²) in [7, 11) is 2.93. The van der Waals surface area contributed by atoms with Gasteiger partial charge < -0.3 is 49.4 Å². The Kier molecular flexibility index (Phi) is 7.19. The summed E-state index contributed by atoms with van der Waals surface area (Å²) in [5.41, 5.74) is 1.48. The van der Waals surface area contributed by atoms with Crippen LogP contribution in [0.25, 0.3) is 0 Å². The van der Waals surface area contributed by atoms with Crippen LogP contribution in [0.4, 0.5) is 0 Å². The smallest absolute Gasteiger partial charge is 0.335 e. The van der Waals surface area contributed by atoms with Crippen molar-refractivity contribution < 1.29 is 59.0 Å². The van der Waals surface area contributed by atoms with Crippen molar-refractivity contribution in [1.29, 1.82) is 0 Å². The maximum absolute atomic E-state index is 11.2. The molecule has 12 heteroatoms. The standard InChI is InChI=1S/C23H26O12/c1-30-14-6-5-13(16(24)20(14)31-2)11-7-10-3-4-12(8-15(10)32-9-11)34-35-23-19(27)17(25)18(26)21(33-23)22(28)29/h3-6,8,11,17-19,21,23-27H,7,9H2,1-2H3,(H,28,29)/t11?,17-,18-,19+,21-,23?/m0/s1. The van der Waals surface area contributed by atoms with Gasteiger partial charge in [0.1, 0.15) is 24.1 Å². The number of aliphatic hydroxyl groups excluding tert-OH is 3. The molecule has 2 aliphatic heterocycles. The van der Waals surface area contributed by atoms with Gasteiger partial charge in [0.15, 0.2) is 23.4 Å². The van der Waals surface area contributed by atoms with Crippen molar-refractivity contribution in [2.75, 3.05) is 20.8 Å². The lowest BCUT2D eigenvalue weighted by Gasteiger charge is -2.37. The molecule has 2 aliphatic rings. The van der Waals surface area contributed by atoms with E-state index in [-0.39, 0.29) is 29.8 Å². The third-order valence-electron chi connectivity index (χ3n) is 5.99. The van der Waals surface area contributed by atoms with E-state index in [4.69, 9.17) is 33.8 Å². The number of carboxylic acids is 1. The Hall–Kier alpha value is -3.29. The van der Waals surface area contributed by atoms with Crippen LogP contribution in [0.2, 0.25) is 0 Å². The first-order valence-electron chi connectivity index (χ1n) is 10.7. The third-order valence-corrected chi connectivity index (χ3v) is 5.99. The van der Waals surface area contributed by atoms with Gasteiger partial charge in [-0.1, -0.05) is 12.1 Å². The fraction of sp³-hybridized carbons (Fsp3) is 0.435. The van der Waals surface area contributed by atoms with E-state index in [1.165, 1.54) is 20.3 Å². The van der Waals surface area contributed by atoms with E-state index < -0.39 is 36.7 Å². The van der Waals surface area contributed by atoms with Crippen LogP contribution in [0.5, 0.6) is 28.7 Å². The summed E-state index contributed by atoms with van der Waals surface area (Å²) in [5.74, 6) is -0.379. The van der Waals surface area contributed by atoms with E-state index in [0.717, 1.165) is 5.56 Å². The molecule has 190 valence electrons. The Morgan fingerprint density at radius 3 is 2.49 bits per heavy atom. The van der Waals surface area contributed by atoms with Crippen molar-refractivity contribution in [3.05, 3.63) is 41.5 Å². The summed E-state index contributed by atoms with van der Waals surface area (Å²) in [4.78, 5) is 21.4. The summed E-state index contributed by atoms with van der Waals surface area (Å²) in [5, 5.41) is 49.4. The molecule has 0 saturated carbocycles. The van der Waals surface area contributed by atoms with Crippen LogP contribution < -0.4 is 19.1 Å². The number of hydrogen-bond acceptors (Lipinski definition) is 11. The summed E-state index contributed by atoms with van der Waals surface area (Å²) in [6.45, 7) is 0.259. The number of phenols is 1. The number of aliphatic carboxylic acids is 1. The van der Waals surface area contributed by atoms with Gasteiger partial charge in [-0.2, -0.15) is 4.89 Å². The molecule has 0 bridgehead atoms. The number of aliphatic hydroxyl groups is 3. The Labute approximate surface area is 199 Å². The molecule has 0 aliphatic carbocycles. The van der Waals surface area contributed by atoms with E-state index in [2.05, 4.69) is 0 Å². The van der Waals surface area contributed by atoms with Crippen LogP contribution in [0, 0.1) is 0 Å². The Balaban J connectivity index is 1.44. The van der Waals surface area contributed by atoms with Crippen molar-refractivity contribution in [3.8, 4) is 28.7 Å². The van der Waals surface area contributed by atoms with Crippen molar-refractivity contribution in [2.24, 2.45) is 0 Å². The van der Waals surface area contributed by atoms with Crippen LogP contribution in [0.3, 0.4) is 0 Å². The van der Waals surface area contributed by atoms with Crippen LogP contribution in [0.15, 0.2) is 30.3 Å². The molecule has 0 spiro atoms. The normalized spacial score (nSPS) is 27.9. The Morgan fingerprint density at radius 2 is 1.80 bits per heavy atom. The monoisotopic (exact) mass is 494 g/mol.